The molecule has 0 atom stereocenters. The Morgan fingerprint density at radius 1 is 1.12 bits per heavy atom. The molecule has 3 aromatic rings. The van der Waals surface area contributed by atoms with Crippen molar-refractivity contribution in [3.8, 4) is 16.3 Å². The van der Waals surface area contributed by atoms with E-state index in [0.29, 0.717) is 25.2 Å². The maximum atomic E-state index is 11.9. The van der Waals surface area contributed by atoms with Gasteiger partial charge in [-0.1, -0.05) is 6.07 Å². The maximum Gasteiger partial charge on any atom is 0.407 e. The van der Waals surface area contributed by atoms with E-state index in [-0.39, 0.29) is 19.1 Å². The normalized spacial score (nSPS) is 10.8. The van der Waals surface area contributed by atoms with Gasteiger partial charge >= 0.3 is 12.1 Å². The largest absolute Gasteiger partial charge is 0.493 e. The Hall–Kier alpha value is -3.46. The molecule has 2 N–H and O–H groups in total. The molecular formula is C25H29N3O5S. The molecular weight excluding hydrogens is 454 g/mol. The van der Waals surface area contributed by atoms with Crippen LogP contribution < -0.4 is 10.1 Å². The number of carbonyl (C=O) groups excluding carboxylic acids is 1. The topological polar surface area (TPSA) is 111 Å². The average molecular weight is 484 g/mol. The second-order valence-electron chi connectivity index (χ2n) is 7.99. The number of aliphatic carboxylic acids is 1. The molecule has 0 aliphatic rings. The number of pyridine rings is 1. The Balaban J connectivity index is 1.64. The van der Waals surface area contributed by atoms with Crippen LogP contribution in [0, 0.1) is 6.92 Å². The fourth-order valence-corrected chi connectivity index (χ4v) is 4.27. The van der Waals surface area contributed by atoms with Crippen LogP contribution in [0.2, 0.25) is 0 Å². The number of alkyl carbamates (subject to hydrolysis) is 1. The lowest BCUT2D eigenvalue weighted by molar-refractivity contribution is -0.136. The molecule has 0 unspecified atom stereocenters. The van der Waals surface area contributed by atoms with E-state index in [2.05, 4.69) is 17.2 Å². The van der Waals surface area contributed by atoms with Gasteiger partial charge in [-0.25, -0.2) is 9.78 Å². The van der Waals surface area contributed by atoms with Gasteiger partial charge in [-0.2, -0.15) is 0 Å². The summed E-state index contributed by atoms with van der Waals surface area (Å²) < 4.78 is 11.1. The molecule has 0 spiro atoms. The van der Waals surface area contributed by atoms with Crippen LogP contribution in [0.3, 0.4) is 0 Å². The van der Waals surface area contributed by atoms with Crippen molar-refractivity contribution in [2.75, 3.05) is 6.61 Å². The monoisotopic (exact) mass is 483 g/mol. The van der Waals surface area contributed by atoms with Crippen LogP contribution in [-0.2, 0) is 28.9 Å². The fourth-order valence-electron chi connectivity index (χ4n) is 3.31. The molecule has 34 heavy (non-hydrogen) atoms. The number of aromatic nitrogens is 2. The molecule has 3 rings (SSSR count). The number of hydrogen-bond acceptors (Lipinski definition) is 7. The fraction of sp³-hybridized carbons (Fsp3) is 0.360. The third-order valence-electron chi connectivity index (χ3n) is 4.98. The van der Waals surface area contributed by atoms with E-state index in [1.54, 1.807) is 37.6 Å². The number of hydrogen-bond donors (Lipinski definition) is 2. The second-order valence-corrected chi connectivity index (χ2v) is 9.19. The van der Waals surface area contributed by atoms with E-state index in [9.17, 15) is 9.59 Å². The zero-order chi connectivity index (χ0) is 24.5. The lowest BCUT2D eigenvalue weighted by Gasteiger charge is -2.14. The minimum absolute atomic E-state index is 0.00650. The molecule has 0 aliphatic carbocycles. The summed E-state index contributed by atoms with van der Waals surface area (Å²) in [5, 5.41) is 12.7. The number of amides is 1. The minimum Gasteiger partial charge on any atom is -0.493 e. The van der Waals surface area contributed by atoms with Crippen LogP contribution in [0.1, 0.15) is 42.0 Å². The molecule has 8 nitrogen and oxygen atoms in total. The van der Waals surface area contributed by atoms with Crippen molar-refractivity contribution in [2.45, 2.75) is 52.7 Å². The van der Waals surface area contributed by atoms with Crippen molar-refractivity contribution in [3.05, 3.63) is 64.4 Å². The molecule has 0 saturated heterocycles. The number of ether oxygens (including phenoxy) is 2. The van der Waals surface area contributed by atoms with E-state index < -0.39 is 12.1 Å². The first-order chi connectivity index (χ1) is 16.3. The molecule has 2 aromatic heterocycles. The van der Waals surface area contributed by atoms with Gasteiger partial charge in [-0.15, -0.1) is 11.3 Å². The molecule has 1 amide bonds. The predicted octanol–water partition coefficient (Wildman–Crippen LogP) is 4.79. The van der Waals surface area contributed by atoms with Gasteiger partial charge in [0.15, 0.2) is 0 Å². The highest BCUT2D eigenvalue weighted by Crippen LogP contribution is 2.27. The third kappa shape index (κ3) is 7.55. The van der Waals surface area contributed by atoms with Crippen LogP contribution in [0.5, 0.6) is 5.75 Å². The minimum atomic E-state index is -0.872. The zero-order valence-corrected chi connectivity index (χ0v) is 20.4. The Bertz CT molecular complexity index is 1110. The lowest BCUT2D eigenvalue weighted by Crippen LogP contribution is -2.26. The summed E-state index contributed by atoms with van der Waals surface area (Å²) in [7, 11) is 0. The van der Waals surface area contributed by atoms with Crippen LogP contribution in [0.25, 0.3) is 10.6 Å². The molecule has 9 heteroatoms. The molecule has 2 heterocycles. The summed E-state index contributed by atoms with van der Waals surface area (Å²) >= 11 is 1.64. The van der Waals surface area contributed by atoms with Gasteiger partial charge < -0.3 is 19.9 Å². The number of carboxylic acids is 1. The number of rotatable bonds is 11. The van der Waals surface area contributed by atoms with Crippen LogP contribution in [0.4, 0.5) is 4.79 Å². The van der Waals surface area contributed by atoms with Crippen molar-refractivity contribution >= 4 is 23.4 Å². The highest BCUT2D eigenvalue weighted by atomic mass is 32.1. The van der Waals surface area contributed by atoms with Crippen LogP contribution in [0.15, 0.2) is 42.7 Å². The molecule has 0 saturated carbocycles. The van der Waals surface area contributed by atoms with Crippen molar-refractivity contribution in [3.63, 3.8) is 0 Å². The maximum absolute atomic E-state index is 11.9. The highest BCUT2D eigenvalue weighted by molar-refractivity contribution is 7.15. The number of thiazole rings is 1. The number of carbonyl (C=O) groups is 2. The quantitative estimate of drug-likeness (QED) is 0.403. The van der Waals surface area contributed by atoms with Crippen molar-refractivity contribution < 1.29 is 24.2 Å². The molecule has 180 valence electrons. The van der Waals surface area contributed by atoms with Gasteiger partial charge in [-0.3, -0.25) is 9.78 Å². The molecule has 0 radical (unpaired) electrons. The Kier molecular flexibility index (Phi) is 8.98. The Morgan fingerprint density at radius 2 is 1.88 bits per heavy atom. The Labute approximate surface area is 203 Å². The van der Waals surface area contributed by atoms with E-state index in [1.165, 1.54) is 0 Å². The number of aryl methyl sites for hydroxylation is 2. The molecule has 0 aliphatic heterocycles. The second kappa shape index (κ2) is 12.1. The summed E-state index contributed by atoms with van der Waals surface area (Å²) in [6.45, 7) is 6.26. The zero-order valence-electron chi connectivity index (χ0n) is 19.5. The molecule has 1 aromatic carbocycles. The number of nitrogens with one attached hydrogen (secondary N) is 1. The van der Waals surface area contributed by atoms with Crippen LogP contribution >= 0.6 is 11.3 Å². The van der Waals surface area contributed by atoms with Crippen molar-refractivity contribution in [2.24, 2.45) is 0 Å². The van der Waals surface area contributed by atoms with Crippen molar-refractivity contribution in [1.29, 1.82) is 0 Å². The van der Waals surface area contributed by atoms with Gasteiger partial charge in [0.25, 0.3) is 0 Å². The van der Waals surface area contributed by atoms with Crippen LogP contribution in [-0.4, -0.2) is 39.8 Å². The number of nitrogens with zero attached hydrogens (tertiary/aromatic N) is 2. The summed E-state index contributed by atoms with van der Waals surface area (Å²) in [5.74, 6) is -0.224. The molecule has 0 fully saturated rings. The number of benzene rings is 1. The van der Waals surface area contributed by atoms with E-state index in [4.69, 9.17) is 19.6 Å². The standard InChI is InChI=1S/C25H29N3O5S/c1-16(2)33-25(31)27-15-20-14-21(6-4-18(20)5-7-23(29)30)32-13-10-22-17(3)34-24(28-22)19-8-11-26-12-9-19/h4,6,8-9,11-12,14,16H,5,7,10,13,15H2,1-3H3,(H,27,31)(H,29,30). The van der Waals surface area contributed by atoms with E-state index >= 15 is 0 Å². The summed E-state index contributed by atoms with van der Waals surface area (Å²) in [4.78, 5) is 32.8. The predicted molar refractivity (Wildman–Crippen MR) is 130 cm³/mol. The smallest absolute Gasteiger partial charge is 0.407 e. The highest BCUT2D eigenvalue weighted by Gasteiger charge is 2.12. The molecule has 0 bridgehead atoms. The van der Waals surface area contributed by atoms with Crippen molar-refractivity contribution in [1.82, 2.24) is 15.3 Å². The summed E-state index contributed by atoms with van der Waals surface area (Å²) in [6, 6.07) is 9.39. The summed E-state index contributed by atoms with van der Waals surface area (Å²) in [6.07, 6.45) is 3.79. The SMILES string of the molecule is Cc1sc(-c2ccncc2)nc1CCOc1ccc(CCC(=O)O)c(CNC(=O)OC(C)C)c1. The van der Waals surface area contributed by atoms with Gasteiger partial charge in [0.05, 0.1) is 18.4 Å². The lowest BCUT2D eigenvalue weighted by atomic mass is 10.0. The first-order valence-electron chi connectivity index (χ1n) is 11.1. The van der Waals surface area contributed by atoms with E-state index in [1.807, 2.05) is 30.3 Å². The average Bonchev–Trinajstić information content (AvgIpc) is 3.17. The summed E-state index contributed by atoms with van der Waals surface area (Å²) in [5.41, 5.74) is 3.68. The van der Waals surface area contributed by atoms with Gasteiger partial charge in [0.2, 0.25) is 0 Å². The van der Waals surface area contributed by atoms with Gasteiger partial charge in [0.1, 0.15) is 10.8 Å². The number of carboxylic acid groups (broad SMARTS) is 1. The Morgan fingerprint density at radius 3 is 2.59 bits per heavy atom. The first-order valence-corrected chi connectivity index (χ1v) is 11.9. The third-order valence-corrected chi connectivity index (χ3v) is 6.04. The first kappa shape index (κ1) is 25.2. The van der Waals surface area contributed by atoms with Gasteiger partial charge in [-0.05, 0) is 62.6 Å². The van der Waals surface area contributed by atoms with Gasteiger partial charge in [0, 0.05) is 42.2 Å². The van der Waals surface area contributed by atoms with E-state index in [0.717, 1.165) is 32.3 Å².